The topological polar surface area (TPSA) is 78.8 Å². The van der Waals surface area contributed by atoms with E-state index in [1.54, 1.807) is 6.08 Å². The van der Waals surface area contributed by atoms with Gasteiger partial charge in [-0.25, -0.2) is 8.42 Å². The molecule has 0 atom stereocenters. The highest BCUT2D eigenvalue weighted by Crippen LogP contribution is 2.36. The Hall–Kier alpha value is -1.99. The van der Waals surface area contributed by atoms with Crippen LogP contribution in [0.4, 0.5) is 0 Å². The molecule has 2 aliphatic heterocycles. The molecule has 0 unspecified atom stereocenters. The van der Waals surface area contributed by atoms with E-state index in [1.807, 2.05) is 13.8 Å². The number of carbonyl (C=O) groups excluding carboxylic acids is 1. The maximum Gasteiger partial charge on any atom is 0.253 e. The van der Waals surface area contributed by atoms with Crippen LogP contribution in [-0.2, 0) is 20.2 Å². The van der Waals surface area contributed by atoms with Crippen molar-refractivity contribution in [1.82, 2.24) is 9.62 Å². The number of carbonyl (C=O) groups is 1. The molecule has 4 rings (SSSR count). The number of nitrogens with zero attached hydrogens (tertiary/aromatic N) is 2. The minimum Gasteiger partial charge on any atom is -0.312 e. The zero-order valence-electron chi connectivity index (χ0n) is 22.1. The Kier molecular flexibility index (Phi) is 7.06. The molecule has 0 aromatic heterocycles. The van der Waals surface area contributed by atoms with Crippen LogP contribution in [0.1, 0.15) is 88.5 Å². The van der Waals surface area contributed by atoms with Crippen LogP contribution < -0.4 is 5.32 Å². The van der Waals surface area contributed by atoms with Gasteiger partial charge in [-0.2, -0.15) is 4.31 Å². The molecular formula is C28H41N3O3S. The third-order valence-corrected chi connectivity index (χ3v) is 9.74. The van der Waals surface area contributed by atoms with Gasteiger partial charge in [-0.05, 0) is 79.2 Å². The number of amides is 1. The lowest BCUT2D eigenvalue weighted by atomic mass is 9.82. The van der Waals surface area contributed by atoms with Crippen molar-refractivity contribution < 1.29 is 13.2 Å². The third-order valence-electron chi connectivity index (χ3n) is 8.18. The van der Waals surface area contributed by atoms with E-state index in [0.29, 0.717) is 31.8 Å². The molecule has 0 bridgehead atoms. The number of hydrogen-bond donors (Lipinski definition) is 1. The number of amidine groups is 1. The summed E-state index contributed by atoms with van der Waals surface area (Å²) < 4.78 is 27.8. The molecule has 2 heterocycles. The second kappa shape index (κ2) is 9.47. The SMILES string of the molecule is Cc1cc(C(C)(C)C)cc(C)c1/C=C/S(=O)(=O)N1CCC2(CC1)N=C(C1CCC(C)CC1)NC2=O. The first-order valence-electron chi connectivity index (χ1n) is 13.0. The first-order chi connectivity index (χ1) is 16.3. The highest BCUT2D eigenvalue weighted by molar-refractivity contribution is 7.92. The first-order valence-corrected chi connectivity index (χ1v) is 14.5. The van der Waals surface area contributed by atoms with Gasteiger partial charge in [0.2, 0.25) is 10.0 Å². The van der Waals surface area contributed by atoms with Crippen molar-refractivity contribution in [2.45, 2.75) is 91.0 Å². The largest absolute Gasteiger partial charge is 0.312 e. The number of aliphatic imine (C=N–C) groups is 1. The van der Waals surface area contributed by atoms with Gasteiger partial charge in [0.15, 0.2) is 0 Å². The second-order valence-corrected chi connectivity index (χ2v) is 13.8. The molecule has 1 saturated carbocycles. The van der Waals surface area contributed by atoms with Gasteiger partial charge in [-0.3, -0.25) is 9.79 Å². The predicted octanol–water partition coefficient (Wildman–Crippen LogP) is 5.09. The van der Waals surface area contributed by atoms with E-state index in [9.17, 15) is 13.2 Å². The van der Waals surface area contributed by atoms with Crippen molar-refractivity contribution in [3.63, 3.8) is 0 Å². The van der Waals surface area contributed by atoms with Crippen LogP contribution >= 0.6 is 0 Å². The number of piperidine rings is 1. The van der Waals surface area contributed by atoms with E-state index in [0.717, 1.165) is 41.3 Å². The third kappa shape index (κ3) is 5.41. The predicted molar refractivity (Wildman–Crippen MR) is 143 cm³/mol. The fourth-order valence-electron chi connectivity index (χ4n) is 5.63. The summed E-state index contributed by atoms with van der Waals surface area (Å²) in [6, 6.07) is 4.29. The highest BCUT2D eigenvalue weighted by atomic mass is 32.2. The summed E-state index contributed by atoms with van der Waals surface area (Å²) in [6.45, 7) is 13.5. The molecule has 1 spiro atoms. The monoisotopic (exact) mass is 499 g/mol. The average molecular weight is 500 g/mol. The molecule has 1 N–H and O–H groups in total. The Labute approximate surface area is 211 Å². The van der Waals surface area contributed by atoms with Gasteiger partial charge in [0.25, 0.3) is 5.91 Å². The molecule has 3 aliphatic rings. The molecule has 1 amide bonds. The normalized spacial score (nSPS) is 25.8. The summed E-state index contributed by atoms with van der Waals surface area (Å²) >= 11 is 0. The average Bonchev–Trinajstić information content (AvgIpc) is 3.08. The van der Waals surface area contributed by atoms with E-state index in [-0.39, 0.29) is 11.3 Å². The highest BCUT2D eigenvalue weighted by Gasteiger charge is 2.48. The van der Waals surface area contributed by atoms with Crippen molar-refractivity contribution in [3.8, 4) is 0 Å². The van der Waals surface area contributed by atoms with Crippen molar-refractivity contribution in [2.24, 2.45) is 16.8 Å². The molecule has 6 nitrogen and oxygen atoms in total. The zero-order valence-corrected chi connectivity index (χ0v) is 23.0. The number of hydrogen-bond acceptors (Lipinski definition) is 4. The van der Waals surface area contributed by atoms with Gasteiger partial charge in [-0.1, -0.05) is 52.7 Å². The van der Waals surface area contributed by atoms with Gasteiger partial charge in [-0.15, -0.1) is 0 Å². The number of sulfonamides is 1. The maximum absolute atomic E-state index is 13.1. The Bertz CT molecular complexity index is 1120. The second-order valence-electron chi connectivity index (χ2n) is 12.0. The van der Waals surface area contributed by atoms with E-state index < -0.39 is 15.6 Å². The van der Waals surface area contributed by atoms with Crippen LogP contribution in [0.25, 0.3) is 6.08 Å². The Balaban J connectivity index is 1.45. The number of nitrogens with one attached hydrogen (secondary N) is 1. The van der Waals surface area contributed by atoms with Gasteiger partial charge >= 0.3 is 0 Å². The molecule has 1 aromatic rings. The molecule has 1 aromatic carbocycles. The van der Waals surface area contributed by atoms with Gasteiger partial charge in [0.05, 0.1) is 0 Å². The quantitative estimate of drug-likeness (QED) is 0.627. The fraction of sp³-hybridized carbons (Fsp3) is 0.643. The molecule has 7 heteroatoms. The van der Waals surface area contributed by atoms with Crippen LogP contribution in [0.5, 0.6) is 0 Å². The standard InChI is InChI=1S/C28H41N3O3S/c1-19-7-9-22(10-8-19)25-29-26(32)28(30-25)12-14-31(15-13-28)35(33,34)16-11-24-20(2)17-23(18-21(24)3)27(4,5)6/h11,16-19,22H,7-10,12-15H2,1-6H3,(H,29,30,32)/b16-11+. The first kappa shape index (κ1) is 26.1. The van der Waals surface area contributed by atoms with Gasteiger partial charge in [0.1, 0.15) is 11.4 Å². The summed E-state index contributed by atoms with van der Waals surface area (Å²) in [6.07, 6.45) is 7.05. The summed E-state index contributed by atoms with van der Waals surface area (Å²) in [5.41, 5.74) is 3.57. The smallest absolute Gasteiger partial charge is 0.253 e. The summed E-state index contributed by atoms with van der Waals surface area (Å²) in [5.74, 6) is 1.85. The van der Waals surface area contributed by atoms with Gasteiger partial charge in [0, 0.05) is 24.4 Å². The molecule has 192 valence electrons. The van der Waals surface area contributed by atoms with Crippen LogP contribution in [0.2, 0.25) is 0 Å². The van der Waals surface area contributed by atoms with E-state index in [4.69, 9.17) is 4.99 Å². The van der Waals surface area contributed by atoms with Crippen LogP contribution in [0.3, 0.4) is 0 Å². The van der Waals surface area contributed by atoms with E-state index in [1.165, 1.54) is 28.1 Å². The van der Waals surface area contributed by atoms with Crippen molar-refractivity contribution in [3.05, 3.63) is 39.8 Å². The summed E-state index contributed by atoms with van der Waals surface area (Å²) in [7, 11) is -3.58. The number of rotatable bonds is 4. The lowest BCUT2D eigenvalue weighted by Crippen LogP contribution is -2.50. The maximum atomic E-state index is 13.1. The lowest BCUT2D eigenvalue weighted by molar-refractivity contribution is -0.124. The van der Waals surface area contributed by atoms with E-state index in [2.05, 4.69) is 45.1 Å². The summed E-state index contributed by atoms with van der Waals surface area (Å²) in [5, 5.41) is 4.38. The molecule has 35 heavy (non-hydrogen) atoms. The zero-order chi connectivity index (χ0) is 25.6. The van der Waals surface area contributed by atoms with Gasteiger partial charge < -0.3 is 5.32 Å². The number of aryl methyl sites for hydroxylation is 2. The van der Waals surface area contributed by atoms with E-state index >= 15 is 0 Å². The molecule has 0 radical (unpaired) electrons. The number of benzene rings is 1. The molecular weight excluding hydrogens is 458 g/mol. The van der Waals surface area contributed by atoms with Crippen molar-refractivity contribution >= 4 is 27.8 Å². The Morgan fingerprint density at radius 3 is 2.17 bits per heavy atom. The van der Waals surface area contributed by atoms with Crippen LogP contribution in [0, 0.1) is 25.7 Å². The minimum atomic E-state index is -3.58. The van der Waals surface area contributed by atoms with Crippen LogP contribution in [0.15, 0.2) is 22.5 Å². The van der Waals surface area contributed by atoms with Crippen molar-refractivity contribution in [2.75, 3.05) is 13.1 Å². The minimum absolute atomic E-state index is 0.0396. The van der Waals surface area contributed by atoms with Crippen molar-refractivity contribution in [1.29, 1.82) is 0 Å². The molecule has 1 aliphatic carbocycles. The molecule has 1 saturated heterocycles. The fourth-order valence-corrected chi connectivity index (χ4v) is 6.80. The van der Waals surface area contributed by atoms with Crippen LogP contribution in [-0.4, -0.2) is 43.1 Å². The Morgan fingerprint density at radius 1 is 1.06 bits per heavy atom. The lowest BCUT2D eigenvalue weighted by Gasteiger charge is -2.34. The summed E-state index contributed by atoms with van der Waals surface area (Å²) in [4.78, 5) is 17.8. The Morgan fingerprint density at radius 2 is 1.63 bits per heavy atom. The molecule has 2 fully saturated rings.